The van der Waals surface area contributed by atoms with Crippen molar-refractivity contribution in [1.29, 1.82) is 0 Å². The molecule has 0 bridgehead atoms. The number of allylic oxidation sites excluding steroid dienone is 2. The molecule has 2 aromatic carbocycles. The minimum absolute atomic E-state index is 0.00265. The molecule has 0 spiro atoms. The van der Waals surface area contributed by atoms with Crippen molar-refractivity contribution in [2.24, 2.45) is 0 Å². The Labute approximate surface area is 207 Å². The van der Waals surface area contributed by atoms with E-state index in [0.29, 0.717) is 17.8 Å². The first-order valence-corrected chi connectivity index (χ1v) is 13.6. The standard InChI is InChI=1S/C26H34N4O4S/c1-19-7-5-8-20-11-12-22(25(24(19)20)26(31)32)28-35(33,34)23-10-4-3-9-21(23)27-13-6-14-30-17-15-29(2)16-18-30/h3-4,7,9-12,27-28H,5-6,8,13-18H2,1-2H3,(H,31,32). The maximum absolute atomic E-state index is 13.4. The molecule has 1 aliphatic heterocycles. The van der Waals surface area contributed by atoms with Gasteiger partial charge in [-0.2, -0.15) is 0 Å². The number of carboxylic acids is 1. The zero-order chi connectivity index (χ0) is 25.0. The molecule has 9 heteroatoms. The number of likely N-dealkylation sites (N-methyl/N-ethyl adjacent to an activating group) is 1. The van der Waals surface area contributed by atoms with Crippen LogP contribution in [0.5, 0.6) is 0 Å². The number of sulfonamides is 1. The number of para-hydroxylation sites is 1. The van der Waals surface area contributed by atoms with Crippen LogP contribution in [0.4, 0.5) is 11.4 Å². The van der Waals surface area contributed by atoms with E-state index in [1.165, 1.54) is 6.07 Å². The first kappa shape index (κ1) is 25.2. The summed E-state index contributed by atoms with van der Waals surface area (Å²) in [4.78, 5) is 17.0. The van der Waals surface area contributed by atoms with Gasteiger partial charge in [0, 0.05) is 32.7 Å². The third kappa shape index (κ3) is 5.86. The predicted molar refractivity (Wildman–Crippen MR) is 140 cm³/mol. The van der Waals surface area contributed by atoms with Gasteiger partial charge in [-0.3, -0.25) is 4.72 Å². The average molecular weight is 499 g/mol. The number of nitrogens with zero attached hydrogens (tertiary/aromatic N) is 2. The molecule has 1 aliphatic carbocycles. The molecule has 8 nitrogen and oxygen atoms in total. The van der Waals surface area contributed by atoms with Crippen LogP contribution in [-0.4, -0.2) is 75.6 Å². The van der Waals surface area contributed by atoms with Crippen LogP contribution in [0, 0.1) is 0 Å². The highest BCUT2D eigenvalue weighted by atomic mass is 32.2. The zero-order valence-corrected chi connectivity index (χ0v) is 21.2. The van der Waals surface area contributed by atoms with Gasteiger partial charge in [0.05, 0.1) is 16.9 Å². The number of benzene rings is 2. The summed E-state index contributed by atoms with van der Waals surface area (Å²) in [5, 5.41) is 13.2. The summed E-state index contributed by atoms with van der Waals surface area (Å²) in [6, 6.07) is 10.1. The maximum atomic E-state index is 13.4. The van der Waals surface area contributed by atoms with Crippen molar-refractivity contribution in [2.45, 2.75) is 31.1 Å². The fraction of sp³-hybridized carbons (Fsp3) is 0.423. The second kappa shape index (κ2) is 10.8. The van der Waals surface area contributed by atoms with Gasteiger partial charge in [-0.05, 0) is 74.7 Å². The van der Waals surface area contributed by atoms with Crippen LogP contribution in [0.25, 0.3) is 5.57 Å². The molecule has 4 rings (SSSR count). The van der Waals surface area contributed by atoms with Gasteiger partial charge < -0.3 is 20.2 Å². The molecule has 0 amide bonds. The number of aryl methyl sites for hydroxylation is 1. The molecule has 0 unspecified atom stereocenters. The molecular weight excluding hydrogens is 464 g/mol. The summed E-state index contributed by atoms with van der Waals surface area (Å²) >= 11 is 0. The number of aromatic carboxylic acids is 1. The number of carboxylic acid groups (broad SMARTS) is 1. The molecule has 1 saturated heterocycles. The maximum Gasteiger partial charge on any atom is 0.338 e. The number of piperazine rings is 1. The second-order valence-electron chi connectivity index (χ2n) is 9.28. The summed E-state index contributed by atoms with van der Waals surface area (Å²) in [7, 11) is -1.89. The lowest BCUT2D eigenvalue weighted by atomic mass is 9.87. The highest BCUT2D eigenvalue weighted by Gasteiger charge is 2.26. The Kier molecular flexibility index (Phi) is 7.78. The number of hydrogen-bond acceptors (Lipinski definition) is 6. The Morgan fingerprint density at radius 1 is 1.06 bits per heavy atom. The largest absolute Gasteiger partial charge is 0.478 e. The minimum Gasteiger partial charge on any atom is -0.478 e. The van der Waals surface area contributed by atoms with Gasteiger partial charge in [-0.1, -0.05) is 24.3 Å². The van der Waals surface area contributed by atoms with Crippen LogP contribution in [0.1, 0.15) is 41.3 Å². The number of anilines is 2. The third-order valence-electron chi connectivity index (χ3n) is 6.75. The minimum atomic E-state index is -4.02. The fourth-order valence-corrected chi connectivity index (χ4v) is 6.06. The lowest BCUT2D eigenvalue weighted by molar-refractivity contribution is 0.0697. The van der Waals surface area contributed by atoms with Crippen molar-refractivity contribution in [3.8, 4) is 0 Å². The molecule has 35 heavy (non-hydrogen) atoms. The molecule has 2 aliphatic rings. The van der Waals surface area contributed by atoms with E-state index < -0.39 is 16.0 Å². The predicted octanol–water partition coefficient (Wildman–Crippen LogP) is 3.58. The van der Waals surface area contributed by atoms with Crippen molar-refractivity contribution in [2.75, 3.05) is 56.4 Å². The van der Waals surface area contributed by atoms with Gasteiger partial charge in [0.15, 0.2) is 0 Å². The highest BCUT2D eigenvalue weighted by Crippen LogP contribution is 2.35. The lowest BCUT2D eigenvalue weighted by Gasteiger charge is -2.32. The van der Waals surface area contributed by atoms with Crippen molar-refractivity contribution in [3.63, 3.8) is 0 Å². The zero-order valence-electron chi connectivity index (χ0n) is 20.4. The molecule has 2 aromatic rings. The highest BCUT2D eigenvalue weighted by molar-refractivity contribution is 7.92. The van der Waals surface area contributed by atoms with E-state index in [1.807, 2.05) is 19.1 Å². The fourth-order valence-electron chi connectivity index (χ4n) is 4.80. The number of fused-ring (bicyclic) bond motifs is 1. The average Bonchev–Trinajstić information content (AvgIpc) is 2.83. The first-order valence-electron chi connectivity index (χ1n) is 12.1. The van der Waals surface area contributed by atoms with E-state index in [-0.39, 0.29) is 16.1 Å². The smallest absolute Gasteiger partial charge is 0.338 e. The molecular formula is C26H34N4O4S. The van der Waals surface area contributed by atoms with E-state index >= 15 is 0 Å². The molecule has 188 valence electrons. The van der Waals surface area contributed by atoms with Gasteiger partial charge in [0.1, 0.15) is 4.90 Å². The van der Waals surface area contributed by atoms with E-state index in [2.05, 4.69) is 26.9 Å². The van der Waals surface area contributed by atoms with Gasteiger partial charge in [-0.15, -0.1) is 0 Å². The molecule has 0 radical (unpaired) electrons. The summed E-state index contributed by atoms with van der Waals surface area (Å²) < 4.78 is 29.3. The summed E-state index contributed by atoms with van der Waals surface area (Å²) in [5.41, 5.74) is 2.97. The number of rotatable bonds is 9. The van der Waals surface area contributed by atoms with Gasteiger partial charge in [0.2, 0.25) is 0 Å². The Hall–Kier alpha value is -2.88. The quantitative estimate of drug-likeness (QED) is 0.454. The number of hydrogen-bond donors (Lipinski definition) is 3. The summed E-state index contributed by atoms with van der Waals surface area (Å²) in [6.45, 7) is 7.69. The molecule has 1 fully saturated rings. The molecule has 3 N–H and O–H groups in total. The van der Waals surface area contributed by atoms with Gasteiger partial charge >= 0.3 is 5.97 Å². The van der Waals surface area contributed by atoms with Crippen LogP contribution in [0.15, 0.2) is 47.4 Å². The molecule has 0 saturated carbocycles. The van der Waals surface area contributed by atoms with Crippen LogP contribution in [-0.2, 0) is 16.4 Å². The monoisotopic (exact) mass is 498 g/mol. The number of nitrogens with one attached hydrogen (secondary N) is 2. The molecule has 0 atom stereocenters. The van der Waals surface area contributed by atoms with Crippen molar-refractivity contribution < 1.29 is 18.3 Å². The van der Waals surface area contributed by atoms with E-state index in [0.717, 1.165) is 63.1 Å². The lowest BCUT2D eigenvalue weighted by Crippen LogP contribution is -2.44. The normalized spacial score (nSPS) is 16.9. The van der Waals surface area contributed by atoms with Crippen LogP contribution in [0.3, 0.4) is 0 Å². The Balaban J connectivity index is 1.50. The second-order valence-corrected chi connectivity index (χ2v) is 10.9. The van der Waals surface area contributed by atoms with Crippen LogP contribution >= 0.6 is 0 Å². The molecule has 0 aromatic heterocycles. The van der Waals surface area contributed by atoms with Crippen LogP contribution < -0.4 is 10.0 Å². The van der Waals surface area contributed by atoms with Crippen LogP contribution in [0.2, 0.25) is 0 Å². The Bertz CT molecular complexity index is 1220. The molecule has 1 heterocycles. The Morgan fingerprint density at radius 3 is 2.54 bits per heavy atom. The summed E-state index contributed by atoms with van der Waals surface area (Å²) in [5.74, 6) is -1.15. The van der Waals surface area contributed by atoms with E-state index in [4.69, 9.17) is 0 Å². The van der Waals surface area contributed by atoms with E-state index in [1.54, 1.807) is 24.3 Å². The van der Waals surface area contributed by atoms with Crippen molar-refractivity contribution in [1.82, 2.24) is 9.80 Å². The van der Waals surface area contributed by atoms with Crippen molar-refractivity contribution >= 4 is 32.9 Å². The van der Waals surface area contributed by atoms with Gasteiger partial charge in [-0.25, -0.2) is 13.2 Å². The van der Waals surface area contributed by atoms with Crippen molar-refractivity contribution in [3.05, 3.63) is 59.2 Å². The topological polar surface area (TPSA) is 102 Å². The number of carbonyl (C=O) groups is 1. The summed E-state index contributed by atoms with van der Waals surface area (Å²) in [6.07, 6.45) is 4.47. The van der Waals surface area contributed by atoms with E-state index in [9.17, 15) is 18.3 Å². The van der Waals surface area contributed by atoms with Gasteiger partial charge in [0.25, 0.3) is 10.0 Å². The SMILES string of the molecule is CC1=CCCc2ccc(NS(=O)(=O)c3ccccc3NCCCN3CCN(C)CC3)c(C(=O)O)c21. The first-order chi connectivity index (χ1) is 16.8. The Morgan fingerprint density at radius 2 is 1.80 bits per heavy atom. The third-order valence-corrected chi connectivity index (χ3v) is 8.17.